The molecule has 0 spiro atoms. The van der Waals surface area contributed by atoms with Gasteiger partial charge in [0.15, 0.2) is 0 Å². The van der Waals surface area contributed by atoms with Crippen LogP contribution in [0.2, 0.25) is 0 Å². The Morgan fingerprint density at radius 2 is 0.646 bits per heavy atom. The fraction of sp³-hybridized carbons (Fsp3) is 0.959. The van der Waals surface area contributed by atoms with Crippen molar-refractivity contribution in [2.45, 2.75) is 411 Å². The number of quaternary nitrogens is 1. The maximum absolute atomic E-state index is 13.0. The van der Waals surface area contributed by atoms with Gasteiger partial charge in [-0.3, -0.25) is 13.8 Å². The van der Waals surface area contributed by atoms with Crippen LogP contribution in [0, 0.1) is 0 Å². The minimum Gasteiger partial charge on any atom is -0.387 e. The van der Waals surface area contributed by atoms with E-state index in [4.69, 9.17) is 9.05 Å². The van der Waals surface area contributed by atoms with Crippen molar-refractivity contribution in [3.05, 3.63) is 12.2 Å². The van der Waals surface area contributed by atoms with Crippen LogP contribution in [0.1, 0.15) is 399 Å². The number of unbranched alkanes of at least 4 members (excludes halogenated alkanes) is 57. The normalized spacial score (nSPS) is 13.6. The lowest BCUT2D eigenvalue weighted by Crippen LogP contribution is -2.45. The van der Waals surface area contributed by atoms with Crippen LogP contribution in [0.25, 0.3) is 0 Å². The molecule has 0 heterocycles. The summed E-state index contributed by atoms with van der Waals surface area (Å²) in [6.07, 6.45) is 83.9. The highest BCUT2D eigenvalue weighted by atomic mass is 31.2. The van der Waals surface area contributed by atoms with Gasteiger partial charge in [0.25, 0.3) is 0 Å². The molecule has 0 aliphatic carbocycles. The number of allylic oxidation sites excluding steroid dienone is 1. The average Bonchev–Trinajstić information content (AvgIpc) is 3.45. The molecule has 0 aromatic carbocycles. The third-order valence-electron chi connectivity index (χ3n) is 17.5. The van der Waals surface area contributed by atoms with E-state index < -0.39 is 20.0 Å². The Kier molecular flexibility index (Phi) is 64.1. The van der Waals surface area contributed by atoms with E-state index in [-0.39, 0.29) is 19.1 Å². The van der Waals surface area contributed by atoms with Gasteiger partial charge in [-0.2, -0.15) is 0 Å². The van der Waals surface area contributed by atoms with Gasteiger partial charge in [-0.05, 0) is 19.3 Å². The number of phosphoric ester groups is 1. The summed E-state index contributed by atoms with van der Waals surface area (Å²) in [5.74, 6) is -0.167. The van der Waals surface area contributed by atoms with Crippen molar-refractivity contribution in [3.8, 4) is 0 Å². The van der Waals surface area contributed by atoms with Gasteiger partial charge in [-0.15, -0.1) is 0 Å². The third kappa shape index (κ3) is 66.8. The Morgan fingerprint density at radius 3 is 0.902 bits per heavy atom. The number of carbonyl (C=O) groups is 1. The van der Waals surface area contributed by atoms with E-state index in [2.05, 4.69) is 19.2 Å². The monoisotopic (exact) mass is 1180 g/mol. The van der Waals surface area contributed by atoms with E-state index in [0.717, 1.165) is 32.1 Å². The van der Waals surface area contributed by atoms with Crippen LogP contribution in [0.15, 0.2) is 12.2 Å². The molecule has 0 rings (SSSR count). The molecule has 0 saturated heterocycles. The van der Waals surface area contributed by atoms with E-state index in [9.17, 15) is 19.4 Å². The molecule has 0 fully saturated rings. The first kappa shape index (κ1) is 81.2. The predicted molar refractivity (Wildman–Crippen MR) is 360 cm³/mol. The molecule has 0 aliphatic rings. The second-order valence-corrected chi connectivity index (χ2v) is 28.5. The minimum absolute atomic E-state index is 0.0654. The van der Waals surface area contributed by atoms with E-state index in [0.29, 0.717) is 17.4 Å². The van der Waals surface area contributed by atoms with E-state index in [1.54, 1.807) is 6.08 Å². The molecule has 82 heavy (non-hydrogen) atoms. The highest BCUT2D eigenvalue weighted by Crippen LogP contribution is 2.43. The van der Waals surface area contributed by atoms with E-state index in [1.165, 1.54) is 347 Å². The molecule has 3 N–H and O–H groups in total. The number of phosphoric acid groups is 1. The van der Waals surface area contributed by atoms with Crippen LogP contribution in [0.5, 0.6) is 0 Å². The number of hydrogen-bond donors (Lipinski definition) is 3. The smallest absolute Gasteiger partial charge is 0.387 e. The second-order valence-electron chi connectivity index (χ2n) is 27.0. The Balaban J connectivity index is 3.87. The lowest BCUT2D eigenvalue weighted by molar-refractivity contribution is -0.870. The highest BCUT2D eigenvalue weighted by molar-refractivity contribution is 7.47. The van der Waals surface area contributed by atoms with Gasteiger partial charge in [-0.25, -0.2) is 4.57 Å². The standard InChI is InChI=1S/C73H147N2O6P/c1-6-8-10-12-14-16-18-20-22-24-26-28-29-30-31-32-33-34-35-36-37-38-39-40-41-42-43-44-45-46-47-49-51-53-55-57-59-61-63-65-67-73(77)74-71(70-81-82(78,79)80-69-68-75(3,4)5)72(76)66-64-62-60-58-56-54-52-50-48-27-25-23-21-19-17-15-13-11-9-7-2/h64,66,71-72,76H,6-63,65,67-70H2,1-5H3,(H-,74,77,78,79)/p+1/b66-64+. The molecule has 1 amide bonds. The molecule has 0 aliphatic heterocycles. The number of nitrogens with one attached hydrogen (secondary N) is 1. The van der Waals surface area contributed by atoms with Crippen LogP contribution in [-0.4, -0.2) is 73.4 Å². The van der Waals surface area contributed by atoms with Gasteiger partial charge >= 0.3 is 7.82 Å². The second kappa shape index (κ2) is 64.7. The van der Waals surface area contributed by atoms with Crippen molar-refractivity contribution in [1.82, 2.24) is 5.32 Å². The molecule has 9 heteroatoms. The Morgan fingerprint density at radius 1 is 0.402 bits per heavy atom. The zero-order valence-corrected chi connectivity index (χ0v) is 57.2. The average molecular weight is 1180 g/mol. The third-order valence-corrected chi connectivity index (χ3v) is 18.5. The molecule has 0 saturated carbocycles. The quantitative estimate of drug-likeness (QED) is 0.0243. The van der Waals surface area contributed by atoms with Crippen molar-refractivity contribution in [2.24, 2.45) is 0 Å². The van der Waals surface area contributed by atoms with Gasteiger partial charge in [0.05, 0.1) is 39.9 Å². The van der Waals surface area contributed by atoms with Crippen LogP contribution in [0.4, 0.5) is 0 Å². The number of nitrogens with zero attached hydrogens (tertiary/aromatic N) is 1. The molecule has 0 bridgehead atoms. The molecule has 3 atom stereocenters. The van der Waals surface area contributed by atoms with Crippen molar-refractivity contribution >= 4 is 13.7 Å². The number of aliphatic hydroxyl groups excluding tert-OH is 1. The molecular weight excluding hydrogens is 1030 g/mol. The fourth-order valence-corrected chi connectivity index (χ4v) is 12.5. The summed E-state index contributed by atoms with van der Waals surface area (Å²) in [6, 6.07) is -0.843. The maximum atomic E-state index is 13.0. The summed E-state index contributed by atoms with van der Waals surface area (Å²) >= 11 is 0. The summed E-state index contributed by atoms with van der Waals surface area (Å²) in [4.78, 5) is 23.4. The first-order valence-corrected chi connectivity index (χ1v) is 38.6. The van der Waals surface area contributed by atoms with E-state index in [1.807, 2.05) is 27.2 Å². The summed E-state index contributed by atoms with van der Waals surface area (Å²) in [5.41, 5.74) is 0. The van der Waals surface area contributed by atoms with Crippen LogP contribution < -0.4 is 5.32 Å². The molecule has 3 unspecified atom stereocenters. The number of hydrogen-bond acceptors (Lipinski definition) is 5. The zero-order valence-electron chi connectivity index (χ0n) is 56.3. The van der Waals surface area contributed by atoms with Crippen molar-refractivity contribution < 1.29 is 32.9 Å². The molecule has 0 aromatic rings. The summed E-state index contributed by atoms with van der Waals surface area (Å²) in [5, 5.41) is 14.0. The van der Waals surface area contributed by atoms with Crippen LogP contribution >= 0.6 is 7.82 Å². The van der Waals surface area contributed by atoms with Gasteiger partial charge < -0.3 is 19.8 Å². The lowest BCUT2D eigenvalue weighted by atomic mass is 10.0. The summed E-state index contributed by atoms with van der Waals surface area (Å²) in [7, 11) is 1.60. The highest BCUT2D eigenvalue weighted by Gasteiger charge is 2.28. The lowest BCUT2D eigenvalue weighted by Gasteiger charge is -2.25. The molecule has 0 radical (unpaired) electrons. The fourth-order valence-electron chi connectivity index (χ4n) is 11.8. The first-order valence-electron chi connectivity index (χ1n) is 37.1. The van der Waals surface area contributed by atoms with Crippen molar-refractivity contribution in [2.75, 3.05) is 40.9 Å². The van der Waals surface area contributed by atoms with Gasteiger partial charge in [-0.1, -0.05) is 386 Å². The largest absolute Gasteiger partial charge is 0.472 e. The topological polar surface area (TPSA) is 105 Å². The molecule has 8 nitrogen and oxygen atoms in total. The Labute approximate surface area is 513 Å². The van der Waals surface area contributed by atoms with Crippen molar-refractivity contribution in [1.29, 1.82) is 0 Å². The molecule has 0 aromatic heterocycles. The minimum atomic E-state index is -4.35. The Hall–Kier alpha value is -0.760. The predicted octanol–water partition coefficient (Wildman–Crippen LogP) is 23.7. The Bertz CT molecular complexity index is 1340. The number of rotatable bonds is 70. The summed E-state index contributed by atoms with van der Waals surface area (Å²) in [6.45, 7) is 4.89. The number of amides is 1. The first-order chi connectivity index (χ1) is 40.0. The van der Waals surface area contributed by atoms with E-state index >= 15 is 0 Å². The number of aliphatic hydroxyl groups is 1. The number of likely N-dealkylation sites (N-methyl/N-ethyl adjacent to an activating group) is 1. The molecule has 490 valence electrons. The number of carbonyl (C=O) groups excluding carboxylic acids is 1. The summed E-state index contributed by atoms with van der Waals surface area (Å²) < 4.78 is 23.8. The van der Waals surface area contributed by atoms with Gasteiger partial charge in [0, 0.05) is 6.42 Å². The van der Waals surface area contributed by atoms with Crippen molar-refractivity contribution in [3.63, 3.8) is 0 Å². The SMILES string of the molecule is CCCCCCCCCCCCCCCCCCCC/C=C/C(O)C(COP(=O)(O)OCC[N+](C)(C)C)NC(=O)CCCCCCCCCCCCCCCCCCCCCCCCCCCCCCCCCCCCCCCCCC. The maximum Gasteiger partial charge on any atom is 0.472 e. The van der Waals surface area contributed by atoms with Crippen LogP contribution in [0.3, 0.4) is 0 Å². The molecular formula is C73H148N2O6P+. The van der Waals surface area contributed by atoms with Gasteiger partial charge in [0.2, 0.25) is 5.91 Å². The van der Waals surface area contributed by atoms with Crippen LogP contribution in [-0.2, 0) is 18.4 Å². The van der Waals surface area contributed by atoms with Gasteiger partial charge in [0.1, 0.15) is 13.2 Å². The zero-order chi connectivity index (χ0) is 59.8.